The minimum atomic E-state index is -0.351. The molecule has 5 heteroatoms. The van der Waals surface area contributed by atoms with E-state index in [2.05, 4.69) is 17.4 Å². The molecular weight excluding hydrogens is 364 g/mol. The maximum Gasteiger partial charge on any atom is 0.230 e. The van der Waals surface area contributed by atoms with Gasteiger partial charge >= 0.3 is 0 Å². The fraction of sp³-hybridized carbons (Fsp3) is 0.417. The number of methoxy groups -OCH3 is 1. The lowest BCUT2D eigenvalue weighted by atomic mass is 9.87. The fourth-order valence-corrected chi connectivity index (χ4v) is 4.46. The van der Waals surface area contributed by atoms with Crippen molar-refractivity contribution in [2.45, 2.75) is 38.0 Å². The molecule has 4 rings (SSSR count). The Balaban J connectivity index is 1.31. The van der Waals surface area contributed by atoms with Gasteiger partial charge in [0.2, 0.25) is 11.8 Å². The molecule has 2 aromatic carbocycles. The van der Waals surface area contributed by atoms with Gasteiger partial charge in [-0.25, -0.2) is 0 Å². The molecule has 1 N–H and O–H groups in total. The second kappa shape index (κ2) is 8.68. The third-order valence-electron chi connectivity index (χ3n) is 6.22. The van der Waals surface area contributed by atoms with Crippen LogP contribution in [0.25, 0.3) is 0 Å². The van der Waals surface area contributed by atoms with Gasteiger partial charge in [0.05, 0.1) is 13.0 Å². The number of likely N-dealkylation sites (tertiary alicyclic amines) is 1. The Morgan fingerprint density at radius 1 is 1.10 bits per heavy atom. The molecule has 2 aliphatic heterocycles. The first-order chi connectivity index (χ1) is 14.1. The number of hydrogen-bond acceptors (Lipinski definition) is 3. The van der Waals surface area contributed by atoms with E-state index in [-0.39, 0.29) is 24.2 Å². The molecule has 1 fully saturated rings. The van der Waals surface area contributed by atoms with Crippen LogP contribution in [0.5, 0.6) is 5.75 Å². The molecule has 0 spiro atoms. The molecule has 0 aromatic heterocycles. The van der Waals surface area contributed by atoms with Crippen LogP contribution in [-0.4, -0.2) is 36.9 Å². The predicted molar refractivity (Wildman–Crippen MR) is 113 cm³/mol. The highest BCUT2D eigenvalue weighted by Crippen LogP contribution is 2.34. The number of nitrogens with one attached hydrogen (secondary N) is 1. The van der Waals surface area contributed by atoms with Gasteiger partial charge in [0.1, 0.15) is 5.75 Å². The number of para-hydroxylation sites is 1. The number of piperidine rings is 1. The first kappa shape index (κ1) is 19.5. The van der Waals surface area contributed by atoms with Gasteiger partial charge in [0.25, 0.3) is 0 Å². The van der Waals surface area contributed by atoms with E-state index < -0.39 is 0 Å². The topological polar surface area (TPSA) is 58.6 Å². The molecule has 1 unspecified atom stereocenters. The van der Waals surface area contributed by atoms with Crippen LogP contribution in [-0.2, 0) is 16.0 Å². The van der Waals surface area contributed by atoms with Gasteiger partial charge in [-0.2, -0.15) is 0 Å². The Bertz CT molecular complexity index is 870. The summed E-state index contributed by atoms with van der Waals surface area (Å²) >= 11 is 0. The van der Waals surface area contributed by atoms with E-state index in [0.29, 0.717) is 5.92 Å². The zero-order valence-corrected chi connectivity index (χ0v) is 16.9. The van der Waals surface area contributed by atoms with E-state index in [4.69, 9.17) is 4.74 Å². The van der Waals surface area contributed by atoms with Crippen molar-refractivity contribution >= 4 is 17.5 Å². The van der Waals surface area contributed by atoms with Gasteiger partial charge in [-0.1, -0.05) is 30.3 Å². The van der Waals surface area contributed by atoms with Crippen LogP contribution in [0.15, 0.2) is 48.5 Å². The van der Waals surface area contributed by atoms with Crippen molar-refractivity contribution in [3.8, 4) is 5.75 Å². The highest BCUT2D eigenvalue weighted by atomic mass is 16.5. The number of nitrogens with zero attached hydrogens (tertiary/aromatic N) is 1. The number of aryl methyl sites for hydroxylation is 1. The minimum Gasteiger partial charge on any atom is -0.497 e. The summed E-state index contributed by atoms with van der Waals surface area (Å²) in [5.74, 6) is 1.20. The van der Waals surface area contributed by atoms with Crippen LogP contribution in [0.4, 0.5) is 5.69 Å². The first-order valence-electron chi connectivity index (χ1n) is 10.4. The van der Waals surface area contributed by atoms with Crippen molar-refractivity contribution in [1.82, 2.24) is 4.90 Å². The average molecular weight is 392 g/mol. The maximum atomic E-state index is 13.1. The predicted octanol–water partition coefficient (Wildman–Crippen LogP) is 3.99. The maximum absolute atomic E-state index is 13.1. The smallest absolute Gasteiger partial charge is 0.230 e. The van der Waals surface area contributed by atoms with E-state index in [9.17, 15) is 9.59 Å². The lowest BCUT2D eigenvalue weighted by Gasteiger charge is -2.35. The molecule has 2 amide bonds. The highest BCUT2D eigenvalue weighted by Gasteiger charge is 2.34. The Morgan fingerprint density at radius 3 is 2.55 bits per heavy atom. The van der Waals surface area contributed by atoms with E-state index in [0.717, 1.165) is 55.8 Å². The Labute approximate surface area is 172 Å². The van der Waals surface area contributed by atoms with Crippen molar-refractivity contribution in [3.05, 3.63) is 59.7 Å². The summed E-state index contributed by atoms with van der Waals surface area (Å²) in [7, 11) is 1.68. The summed E-state index contributed by atoms with van der Waals surface area (Å²) in [4.78, 5) is 27.2. The molecule has 5 nitrogen and oxygen atoms in total. The molecule has 0 aliphatic carbocycles. The van der Waals surface area contributed by atoms with Crippen LogP contribution >= 0.6 is 0 Å². The van der Waals surface area contributed by atoms with Crippen LogP contribution in [0.3, 0.4) is 0 Å². The highest BCUT2D eigenvalue weighted by molar-refractivity contribution is 6.01. The quantitative estimate of drug-likeness (QED) is 0.837. The van der Waals surface area contributed by atoms with E-state index in [1.54, 1.807) is 7.11 Å². The van der Waals surface area contributed by atoms with Gasteiger partial charge in [0.15, 0.2) is 0 Å². The largest absolute Gasteiger partial charge is 0.497 e. The van der Waals surface area contributed by atoms with Crippen molar-refractivity contribution < 1.29 is 14.3 Å². The average Bonchev–Trinajstić information content (AvgIpc) is 2.77. The number of carbonyl (C=O) groups is 2. The molecule has 1 atom stereocenters. The Hall–Kier alpha value is -2.82. The summed E-state index contributed by atoms with van der Waals surface area (Å²) < 4.78 is 5.21. The zero-order valence-electron chi connectivity index (χ0n) is 16.9. The molecule has 0 radical (unpaired) electrons. The van der Waals surface area contributed by atoms with Gasteiger partial charge in [-0.15, -0.1) is 0 Å². The summed E-state index contributed by atoms with van der Waals surface area (Å²) in [5, 5.41) is 2.88. The number of ether oxygens (including phenoxy) is 1. The van der Waals surface area contributed by atoms with Crippen molar-refractivity contribution in [3.63, 3.8) is 0 Å². The summed E-state index contributed by atoms with van der Waals surface area (Å²) in [6.07, 6.45) is 4.50. The standard InChI is InChI=1S/C24H28N2O3/c1-29-19-10-8-17(9-11-19)6-7-18-12-14-26(15-13-18)24(28)21-16-23(27)25-22-5-3-2-4-20(21)22/h2-5,8-11,18,21H,6-7,12-16H2,1H3,(H,25,27). The lowest BCUT2D eigenvalue weighted by molar-refractivity contribution is -0.136. The van der Waals surface area contributed by atoms with Crippen molar-refractivity contribution in [1.29, 1.82) is 0 Å². The SMILES string of the molecule is COc1ccc(CCC2CCN(C(=O)C3CC(=O)Nc4ccccc43)CC2)cc1. The van der Waals surface area contributed by atoms with Gasteiger partial charge < -0.3 is 15.0 Å². The van der Waals surface area contributed by atoms with Crippen LogP contribution < -0.4 is 10.1 Å². The van der Waals surface area contributed by atoms with Gasteiger partial charge in [0, 0.05) is 25.2 Å². The number of anilines is 1. The summed E-state index contributed by atoms with van der Waals surface area (Å²) in [6.45, 7) is 1.57. The number of carbonyl (C=O) groups excluding carboxylic acids is 2. The normalized spacial score (nSPS) is 19.4. The fourth-order valence-electron chi connectivity index (χ4n) is 4.46. The molecule has 0 saturated carbocycles. The molecule has 2 aliphatic rings. The molecule has 0 bridgehead atoms. The van der Waals surface area contributed by atoms with Crippen molar-refractivity contribution in [2.24, 2.45) is 5.92 Å². The summed E-state index contributed by atoms with van der Waals surface area (Å²) in [6, 6.07) is 15.9. The molecular formula is C24H28N2O3. The van der Waals surface area contributed by atoms with E-state index in [1.807, 2.05) is 41.3 Å². The number of hydrogen-bond donors (Lipinski definition) is 1. The Morgan fingerprint density at radius 2 is 1.83 bits per heavy atom. The minimum absolute atomic E-state index is 0.0728. The molecule has 2 aromatic rings. The number of benzene rings is 2. The van der Waals surface area contributed by atoms with E-state index in [1.165, 1.54) is 5.56 Å². The lowest BCUT2D eigenvalue weighted by Crippen LogP contribution is -2.43. The van der Waals surface area contributed by atoms with E-state index >= 15 is 0 Å². The van der Waals surface area contributed by atoms with Gasteiger partial charge in [-0.05, 0) is 60.9 Å². The third kappa shape index (κ3) is 4.44. The summed E-state index contributed by atoms with van der Waals surface area (Å²) in [5.41, 5.74) is 3.05. The first-order valence-corrected chi connectivity index (χ1v) is 10.4. The number of rotatable bonds is 5. The van der Waals surface area contributed by atoms with Crippen LogP contribution in [0.2, 0.25) is 0 Å². The molecule has 152 valence electrons. The number of amides is 2. The monoisotopic (exact) mass is 392 g/mol. The molecule has 29 heavy (non-hydrogen) atoms. The third-order valence-corrected chi connectivity index (χ3v) is 6.22. The molecule has 2 heterocycles. The van der Waals surface area contributed by atoms with Crippen LogP contribution in [0, 0.1) is 5.92 Å². The van der Waals surface area contributed by atoms with Gasteiger partial charge in [-0.3, -0.25) is 9.59 Å². The second-order valence-electron chi connectivity index (χ2n) is 8.05. The second-order valence-corrected chi connectivity index (χ2v) is 8.05. The Kier molecular flexibility index (Phi) is 5.84. The van der Waals surface area contributed by atoms with Crippen molar-refractivity contribution in [2.75, 3.05) is 25.5 Å². The van der Waals surface area contributed by atoms with Crippen LogP contribution in [0.1, 0.15) is 42.7 Å². The zero-order chi connectivity index (χ0) is 20.2. The number of fused-ring (bicyclic) bond motifs is 1. The molecule has 1 saturated heterocycles.